The number of nitrogens with zero attached hydrogens (tertiary/aromatic N) is 7. The van der Waals surface area contributed by atoms with Crippen molar-refractivity contribution in [3.8, 4) is 0 Å². The Morgan fingerprint density at radius 1 is 1.21 bits per heavy atom. The number of aromatic nitrogens is 6. The summed E-state index contributed by atoms with van der Waals surface area (Å²) in [5, 5.41) is 13.0. The van der Waals surface area contributed by atoms with E-state index in [0.717, 1.165) is 49.0 Å². The fraction of sp³-hybridized carbons (Fsp3) is 0.522. The van der Waals surface area contributed by atoms with E-state index in [-0.39, 0.29) is 25.0 Å². The lowest BCUT2D eigenvalue weighted by atomic mass is 10.2. The van der Waals surface area contributed by atoms with Gasteiger partial charge in [0.1, 0.15) is 0 Å². The summed E-state index contributed by atoms with van der Waals surface area (Å²) >= 11 is 0. The van der Waals surface area contributed by atoms with E-state index < -0.39 is 0 Å². The van der Waals surface area contributed by atoms with E-state index in [2.05, 4.69) is 30.2 Å². The minimum Gasteiger partial charge on any atom is -0.390 e. The Kier molecular flexibility index (Phi) is 4.90. The van der Waals surface area contributed by atoms with Crippen LogP contribution in [0, 0.1) is 11.8 Å². The maximum Gasteiger partial charge on any atom is 0.226 e. The fourth-order valence-electron chi connectivity index (χ4n) is 5.23. The third kappa shape index (κ3) is 3.88. The Labute approximate surface area is 191 Å². The van der Waals surface area contributed by atoms with Crippen LogP contribution in [0.25, 0.3) is 0 Å². The van der Waals surface area contributed by atoms with Gasteiger partial charge in [0.25, 0.3) is 0 Å². The van der Waals surface area contributed by atoms with Crippen molar-refractivity contribution in [1.29, 1.82) is 0 Å². The van der Waals surface area contributed by atoms with Gasteiger partial charge in [0.15, 0.2) is 0 Å². The van der Waals surface area contributed by atoms with Crippen molar-refractivity contribution in [2.24, 2.45) is 18.9 Å². The molecular formula is C23H28N8O2. The van der Waals surface area contributed by atoms with Crippen LogP contribution in [0.3, 0.4) is 0 Å². The largest absolute Gasteiger partial charge is 0.390 e. The molecule has 1 amide bonds. The smallest absolute Gasteiger partial charge is 0.226 e. The van der Waals surface area contributed by atoms with Gasteiger partial charge in [-0.15, -0.1) is 0 Å². The summed E-state index contributed by atoms with van der Waals surface area (Å²) in [6.07, 6.45) is 10.5. The summed E-state index contributed by atoms with van der Waals surface area (Å²) in [7, 11) is 1.98. The summed E-state index contributed by atoms with van der Waals surface area (Å²) in [5.41, 5.74) is 4.36. The Balaban J connectivity index is 1.08. The summed E-state index contributed by atoms with van der Waals surface area (Å²) in [4.78, 5) is 32.8. The SMILES string of the molecule is Cn1cnc2c1CC[C@H]2NC(=O)Cc1cn(Cc2cnc(N3CC4CC4C3)nc2CO)cn1. The summed E-state index contributed by atoms with van der Waals surface area (Å²) in [6, 6.07) is -0.0277. The Hall–Kier alpha value is -3.27. The highest BCUT2D eigenvalue weighted by Crippen LogP contribution is 2.45. The van der Waals surface area contributed by atoms with Gasteiger partial charge in [0.2, 0.25) is 11.9 Å². The van der Waals surface area contributed by atoms with Crippen molar-refractivity contribution in [3.63, 3.8) is 0 Å². The standard InChI is InChI=1S/C23H28N8O2/c1-29-12-26-22-18(2-3-20(22)29)27-21(33)5-17-10-30(13-25-17)7-16-6-24-23(28-19(16)11-32)31-8-14-4-15(14)9-31/h6,10,12-15,18,32H,2-5,7-9,11H2,1H3,(H,27,33)/t14?,15?,18-/m1/s1. The molecule has 10 heteroatoms. The molecular weight excluding hydrogens is 420 g/mol. The highest BCUT2D eigenvalue weighted by Gasteiger charge is 2.45. The molecule has 0 aromatic carbocycles. The second-order valence-electron chi connectivity index (χ2n) is 9.52. The van der Waals surface area contributed by atoms with Gasteiger partial charge in [0.05, 0.1) is 55.4 Å². The second kappa shape index (κ2) is 7.95. The molecule has 2 aliphatic carbocycles. The van der Waals surface area contributed by atoms with E-state index in [9.17, 15) is 9.90 Å². The van der Waals surface area contributed by atoms with Gasteiger partial charge in [-0.05, 0) is 31.1 Å². The van der Waals surface area contributed by atoms with Crippen LogP contribution < -0.4 is 10.2 Å². The first-order valence-electron chi connectivity index (χ1n) is 11.6. The molecule has 2 fully saturated rings. The van der Waals surface area contributed by atoms with Gasteiger partial charge in [-0.25, -0.2) is 19.9 Å². The molecule has 0 radical (unpaired) electrons. The number of carbonyl (C=O) groups is 1. The maximum atomic E-state index is 12.6. The van der Waals surface area contributed by atoms with Crippen LogP contribution in [-0.2, 0) is 37.8 Å². The number of fused-ring (bicyclic) bond motifs is 2. The number of amides is 1. The van der Waals surface area contributed by atoms with E-state index in [1.807, 2.05) is 22.4 Å². The molecule has 2 unspecified atom stereocenters. The monoisotopic (exact) mass is 448 g/mol. The Morgan fingerprint density at radius 2 is 2.06 bits per heavy atom. The number of hydrogen-bond acceptors (Lipinski definition) is 7. The van der Waals surface area contributed by atoms with Crippen LogP contribution in [-0.4, -0.2) is 53.2 Å². The first-order valence-corrected chi connectivity index (χ1v) is 11.6. The van der Waals surface area contributed by atoms with Crippen molar-refractivity contribution in [1.82, 2.24) is 34.4 Å². The molecule has 6 rings (SSSR count). The molecule has 10 nitrogen and oxygen atoms in total. The van der Waals surface area contributed by atoms with Crippen molar-refractivity contribution >= 4 is 11.9 Å². The molecule has 3 aromatic rings. The highest BCUT2D eigenvalue weighted by molar-refractivity contribution is 5.78. The first-order chi connectivity index (χ1) is 16.1. The van der Waals surface area contributed by atoms with Gasteiger partial charge in [-0.3, -0.25) is 4.79 Å². The molecule has 2 N–H and O–H groups in total. The minimum atomic E-state index is -0.133. The third-order valence-electron chi connectivity index (χ3n) is 7.16. The molecule has 1 saturated carbocycles. The molecule has 1 aliphatic heterocycles. The van der Waals surface area contributed by atoms with Crippen LogP contribution in [0.15, 0.2) is 25.0 Å². The van der Waals surface area contributed by atoms with Gasteiger partial charge in [0, 0.05) is 43.8 Å². The Bertz CT molecular complexity index is 1190. The molecule has 3 atom stereocenters. The number of aliphatic hydroxyl groups excluding tert-OH is 1. The second-order valence-corrected chi connectivity index (χ2v) is 9.52. The number of aryl methyl sites for hydroxylation is 1. The quantitative estimate of drug-likeness (QED) is 0.548. The predicted octanol–water partition coefficient (Wildman–Crippen LogP) is 0.749. The molecule has 0 bridgehead atoms. The predicted molar refractivity (Wildman–Crippen MR) is 119 cm³/mol. The Morgan fingerprint density at radius 3 is 2.88 bits per heavy atom. The van der Waals surface area contributed by atoms with Gasteiger partial charge >= 0.3 is 0 Å². The normalized spacial score (nSPS) is 23.0. The third-order valence-corrected chi connectivity index (χ3v) is 7.16. The van der Waals surface area contributed by atoms with Crippen molar-refractivity contribution in [2.75, 3.05) is 18.0 Å². The number of carbonyl (C=O) groups excluding carboxylic acids is 1. The molecule has 3 aliphatic rings. The summed E-state index contributed by atoms with van der Waals surface area (Å²) < 4.78 is 3.92. The average Bonchev–Trinajstić information content (AvgIpc) is 3.25. The molecule has 0 spiro atoms. The van der Waals surface area contributed by atoms with Crippen molar-refractivity contribution < 1.29 is 9.90 Å². The number of imidazole rings is 2. The fourth-order valence-corrected chi connectivity index (χ4v) is 5.23. The number of nitrogens with one attached hydrogen (secondary N) is 1. The van der Waals surface area contributed by atoms with E-state index in [1.165, 1.54) is 12.1 Å². The number of anilines is 1. The summed E-state index contributed by atoms with van der Waals surface area (Å²) in [5.74, 6) is 2.25. The summed E-state index contributed by atoms with van der Waals surface area (Å²) in [6.45, 7) is 2.40. The van der Waals surface area contributed by atoms with Crippen LogP contribution >= 0.6 is 0 Å². The molecule has 172 valence electrons. The van der Waals surface area contributed by atoms with E-state index in [0.29, 0.717) is 23.9 Å². The van der Waals surface area contributed by atoms with E-state index >= 15 is 0 Å². The average molecular weight is 449 g/mol. The zero-order valence-electron chi connectivity index (χ0n) is 18.7. The van der Waals surface area contributed by atoms with Crippen LogP contribution in [0.1, 0.15) is 47.2 Å². The molecule has 3 aromatic heterocycles. The number of hydrogen-bond donors (Lipinski definition) is 2. The van der Waals surface area contributed by atoms with Crippen molar-refractivity contribution in [3.05, 3.63) is 53.4 Å². The molecule has 4 heterocycles. The molecule has 1 saturated heterocycles. The van der Waals surface area contributed by atoms with Crippen LogP contribution in [0.5, 0.6) is 0 Å². The molecule has 33 heavy (non-hydrogen) atoms. The maximum absolute atomic E-state index is 12.6. The zero-order valence-corrected chi connectivity index (χ0v) is 18.7. The van der Waals surface area contributed by atoms with E-state index in [1.54, 1.807) is 18.9 Å². The minimum absolute atomic E-state index is 0.0277. The van der Waals surface area contributed by atoms with Crippen LogP contribution in [0.2, 0.25) is 0 Å². The highest BCUT2D eigenvalue weighted by atomic mass is 16.3. The van der Waals surface area contributed by atoms with Gasteiger partial charge < -0.3 is 24.5 Å². The lowest BCUT2D eigenvalue weighted by Crippen LogP contribution is -2.28. The number of piperidine rings is 1. The zero-order chi connectivity index (χ0) is 22.5. The van der Waals surface area contributed by atoms with E-state index in [4.69, 9.17) is 0 Å². The number of rotatable bonds is 7. The number of aliphatic hydroxyl groups is 1. The first kappa shape index (κ1) is 20.3. The lowest BCUT2D eigenvalue weighted by molar-refractivity contribution is -0.121. The van der Waals surface area contributed by atoms with Crippen LogP contribution in [0.4, 0.5) is 5.95 Å². The lowest BCUT2D eigenvalue weighted by Gasteiger charge is -2.19. The topological polar surface area (TPSA) is 114 Å². The van der Waals surface area contributed by atoms with Gasteiger partial charge in [-0.2, -0.15) is 0 Å². The van der Waals surface area contributed by atoms with Crippen molar-refractivity contribution in [2.45, 2.75) is 44.9 Å². The van der Waals surface area contributed by atoms with Gasteiger partial charge in [-0.1, -0.05) is 0 Å².